The van der Waals surface area contributed by atoms with Gasteiger partial charge in [0.25, 0.3) is 5.91 Å². The second-order valence-electron chi connectivity index (χ2n) is 9.15. The van der Waals surface area contributed by atoms with Gasteiger partial charge < -0.3 is 15.6 Å². The van der Waals surface area contributed by atoms with Crippen molar-refractivity contribution in [3.05, 3.63) is 121 Å². The molecule has 39 heavy (non-hydrogen) atoms. The van der Waals surface area contributed by atoms with Gasteiger partial charge in [-0.2, -0.15) is 0 Å². The van der Waals surface area contributed by atoms with Gasteiger partial charge in [0.05, 0.1) is 11.0 Å². The zero-order chi connectivity index (χ0) is 26.6. The number of carbonyl (C=O) groups is 2. The van der Waals surface area contributed by atoms with E-state index >= 15 is 0 Å². The maximum absolute atomic E-state index is 13.3. The zero-order valence-electron chi connectivity index (χ0n) is 20.8. The smallest absolute Gasteiger partial charge is 0.252 e. The molecule has 0 saturated carbocycles. The molecule has 2 amide bonds. The van der Waals surface area contributed by atoms with E-state index in [9.17, 15) is 9.59 Å². The van der Waals surface area contributed by atoms with E-state index < -0.39 is 6.04 Å². The first-order chi connectivity index (χ1) is 19.1. The number of aromatic nitrogens is 4. The molecule has 0 bridgehead atoms. The summed E-state index contributed by atoms with van der Waals surface area (Å²) in [4.78, 5) is 43.1. The van der Waals surface area contributed by atoms with Gasteiger partial charge >= 0.3 is 0 Å². The first kappa shape index (κ1) is 24.0. The molecule has 8 nitrogen and oxygen atoms in total. The number of hydrogen-bond donors (Lipinski definition) is 3. The number of anilines is 1. The van der Waals surface area contributed by atoms with Crippen LogP contribution in [0.25, 0.3) is 33.3 Å². The van der Waals surface area contributed by atoms with Crippen LogP contribution in [0.3, 0.4) is 0 Å². The number of rotatable bonds is 7. The summed E-state index contributed by atoms with van der Waals surface area (Å²) in [5.74, 6) is 0.320. The zero-order valence-corrected chi connectivity index (χ0v) is 20.8. The van der Waals surface area contributed by atoms with E-state index in [1.54, 1.807) is 42.6 Å². The standard InChI is InChI=1S/C31H24N6O2/c38-30(36-27(16-20-8-2-1-3-9-20)31(39)37-28-12-6-7-15-32-28)22-13-14-24-25(18-22)35-29(34-24)26-17-21-10-4-5-11-23(21)19-33-26/h1-15,17-19,27H,16H2,(H,34,35)(H,36,38)(H,32,37,39)/t27-/m0/s1. The minimum absolute atomic E-state index is 0.329. The largest absolute Gasteiger partial charge is 0.340 e. The Hall–Kier alpha value is -5.37. The van der Waals surface area contributed by atoms with Gasteiger partial charge in [0.15, 0.2) is 5.82 Å². The van der Waals surface area contributed by atoms with E-state index in [4.69, 9.17) is 0 Å². The Balaban J connectivity index is 1.25. The van der Waals surface area contributed by atoms with Gasteiger partial charge in [-0.15, -0.1) is 0 Å². The first-order valence-electron chi connectivity index (χ1n) is 12.5. The predicted octanol–water partition coefficient (Wildman–Crippen LogP) is 5.15. The van der Waals surface area contributed by atoms with E-state index in [-0.39, 0.29) is 11.8 Å². The third-order valence-electron chi connectivity index (χ3n) is 6.44. The van der Waals surface area contributed by atoms with E-state index in [2.05, 4.69) is 30.6 Å². The number of benzene rings is 3. The molecule has 0 saturated heterocycles. The van der Waals surface area contributed by atoms with Gasteiger partial charge in [-0.3, -0.25) is 14.6 Å². The first-order valence-corrected chi connectivity index (χ1v) is 12.5. The minimum Gasteiger partial charge on any atom is -0.340 e. The maximum atomic E-state index is 13.3. The van der Waals surface area contributed by atoms with Gasteiger partial charge in [0.2, 0.25) is 5.91 Å². The summed E-state index contributed by atoms with van der Waals surface area (Å²) < 4.78 is 0. The van der Waals surface area contributed by atoms with Crippen LogP contribution < -0.4 is 10.6 Å². The molecule has 0 aliphatic rings. The molecular formula is C31H24N6O2. The fourth-order valence-electron chi connectivity index (χ4n) is 4.44. The predicted molar refractivity (Wildman–Crippen MR) is 151 cm³/mol. The topological polar surface area (TPSA) is 113 Å². The fraction of sp³-hybridized carbons (Fsp3) is 0.0645. The van der Waals surface area contributed by atoms with Gasteiger partial charge in [-0.25, -0.2) is 9.97 Å². The molecule has 6 aromatic rings. The molecule has 0 fully saturated rings. The van der Waals surface area contributed by atoms with Crippen molar-refractivity contribution in [1.82, 2.24) is 25.3 Å². The lowest BCUT2D eigenvalue weighted by Crippen LogP contribution is -2.45. The van der Waals surface area contributed by atoms with Crippen molar-refractivity contribution in [2.75, 3.05) is 5.32 Å². The number of H-pyrrole nitrogens is 1. The van der Waals surface area contributed by atoms with Crippen LogP contribution in [0.1, 0.15) is 15.9 Å². The summed E-state index contributed by atoms with van der Waals surface area (Å²) in [5, 5.41) is 7.81. The molecule has 6 rings (SSSR count). The normalized spacial score (nSPS) is 11.8. The highest BCUT2D eigenvalue weighted by atomic mass is 16.2. The number of nitrogens with one attached hydrogen (secondary N) is 3. The van der Waals surface area contributed by atoms with Crippen molar-refractivity contribution >= 4 is 39.4 Å². The molecular weight excluding hydrogens is 488 g/mol. The van der Waals surface area contributed by atoms with Crippen molar-refractivity contribution in [2.45, 2.75) is 12.5 Å². The summed E-state index contributed by atoms with van der Waals surface area (Å²) in [6, 6.07) is 29.2. The van der Waals surface area contributed by atoms with Gasteiger partial charge in [-0.1, -0.05) is 60.7 Å². The van der Waals surface area contributed by atoms with Crippen LogP contribution in [0.5, 0.6) is 0 Å². The second-order valence-corrected chi connectivity index (χ2v) is 9.15. The van der Waals surface area contributed by atoms with Crippen LogP contribution in [0.4, 0.5) is 5.82 Å². The number of fused-ring (bicyclic) bond motifs is 2. The van der Waals surface area contributed by atoms with Crippen molar-refractivity contribution in [2.24, 2.45) is 0 Å². The van der Waals surface area contributed by atoms with E-state index in [1.807, 2.05) is 66.9 Å². The fourth-order valence-corrected chi connectivity index (χ4v) is 4.44. The minimum atomic E-state index is -0.809. The third-order valence-corrected chi connectivity index (χ3v) is 6.44. The lowest BCUT2D eigenvalue weighted by atomic mass is 10.0. The van der Waals surface area contributed by atoms with Crippen LogP contribution in [-0.4, -0.2) is 37.8 Å². The van der Waals surface area contributed by atoms with E-state index in [0.29, 0.717) is 40.4 Å². The Bertz CT molecular complexity index is 1780. The highest BCUT2D eigenvalue weighted by Gasteiger charge is 2.23. The summed E-state index contributed by atoms with van der Waals surface area (Å²) in [7, 11) is 0. The third kappa shape index (κ3) is 5.35. The van der Waals surface area contributed by atoms with Crippen LogP contribution in [0.15, 0.2) is 109 Å². The van der Waals surface area contributed by atoms with Crippen LogP contribution in [0, 0.1) is 0 Å². The molecule has 0 radical (unpaired) electrons. The van der Waals surface area contributed by atoms with Crippen molar-refractivity contribution in [3.63, 3.8) is 0 Å². The molecule has 0 unspecified atom stereocenters. The van der Waals surface area contributed by atoms with Crippen LogP contribution in [-0.2, 0) is 11.2 Å². The molecule has 0 spiro atoms. The number of nitrogens with zero attached hydrogens (tertiary/aromatic N) is 3. The molecule has 3 heterocycles. The molecule has 1 atom stereocenters. The number of hydrogen-bond acceptors (Lipinski definition) is 5. The quantitative estimate of drug-likeness (QED) is 0.274. The lowest BCUT2D eigenvalue weighted by molar-refractivity contribution is -0.118. The van der Waals surface area contributed by atoms with Gasteiger partial charge in [0.1, 0.15) is 17.6 Å². The molecule has 3 N–H and O–H groups in total. The number of pyridine rings is 2. The van der Waals surface area contributed by atoms with Crippen molar-refractivity contribution in [3.8, 4) is 11.5 Å². The molecule has 0 aliphatic heterocycles. The maximum Gasteiger partial charge on any atom is 0.252 e. The van der Waals surface area contributed by atoms with Gasteiger partial charge in [0, 0.05) is 29.8 Å². The summed E-state index contributed by atoms with van der Waals surface area (Å²) in [6.45, 7) is 0. The van der Waals surface area contributed by atoms with Crippen molar-refractivity contribution < 1.29 is 9.59 Å². The van der Waals surface area contributed by atoms with Gasteiger partial charge in [-0.05, 0) is 47.3 Å². The SMILES string of the molecule is O=C(N[C@@H](Cc1ccccc1)C(=O)Nc1ccccn1)c1ccc2nc(-c3cc4ccccc4cn3)[nH]c2c1. The average molecular weight is 513 g/mol. The second kappa shape index (κ2) is 10.5. The van der Waals surface area contributed by atoms with Crippen LogP contribution >= 0.6 is 0 Å². The Kier molecular flexibility index (Phi) is 6.49. The summed E-state index contributed by atoms with van der Waals surface area (Å²) >= 11 is 0. The number of amides is 2. The number of carbonyl (C=O) groups excluding carboxylic acids is 2. The average Bonchev–Trinajstić information content (AvgIpc) is 3.41. The molecule has 190 valence electrons. The molecule has 8 heteroatoms. The molecule has 3 aromatic carbocycles. The highest BCUT2D eigenvalue weighted by Crippen LogP contribution is 2.23. The molecule has 0 aliphatic carbocycles. The Morgan fingerprint density at radius 3 is 2.44 bits per heavy atom. The number of imidazole rings is 1. The van der Waals surface area contributed by atoms with Crippen molar-refractivity contribution in [1.29, 1.82) is 0 Å². The van der Waals surface area contributed by atoms with Crippen LogP contribution in [0.2, 0.25) is 0 Å². The number of aromatic amines is 1. The monoisotopic (exact) mass is 512 g/mol. The Morgan fingerprint density at radius 2 is 1.62 bits per heavy atom. The lowest BCUT2D eigenvalue weighted by Gasteiger charge is -2.18. The highest BCUT2D eigenvalue weighted by molar-refractivity contribution is 6.02. The summed E-state index contributed by atoms with van der Waals surface area (Å²) in [6.07, 6.45) is 3.75. The Labute approximate surface area is 224 Å². The van der Waals surface area contributed by atoms with E-state index in [1.165, 1.54) is 0 Å². The van der Waals surface area contributed by atoms with E-state index in [0.717, 1.165) is 16.3 Å². The Morgan fingerprint density at radius 1 is 0.821 bits per heavy atom. The molecule has 3 aromatic heterocycles. The summed E-state index contributed by atoms with van der Waals surface area (Å²) in [5.41, 5.74) is 3.46.